The van der Waals surface area contributed by atoms with Gasteiger partial charge in [-0.15, -0.1) is 0 Å². The van der Waals surface area contributed by atoms with Gasteiger partial charge < -0.3 is 14.8 Å². The lowest BCUT2D eigenvalue weighted by Crippen LogP contribution is -2.04. The highest BCUT2D eigenvalue weighted by Gasteiger charge is 2.14. The maximum absolute atomic E-state index is 11.8. The summed E-state index contributed by atoms with van der Waals surface area (Å²) < 4.78 is 4.40. The van der Waals surface area contributed by atoms with Crippen molar-refractivity contribution in [2.45, 2.75) is 6.42 Å². The zero-order valence-electron chi connectivity index (χ0n) is 11.6. The van der Waals surface area contributed by atoms with Crippen molar-refractivity contribution in [3.8, 4) is 5.75 Å². The van der Waals surface area contributed by atoms with E-state index in [1.54, 1.807) is 24.3 Å². The molecule has 1 heterocycles. The fourth-order valence-electron chi connectivity index (χ4n) is 2.45. The Kier molecular flexibility index (Phi) is 3.62. The van der Waals surface area contributed by atoms with Gasteiger partial charge in [0.2, 0.25) is 0 Å². The van der Waals surface area contributed by atoms with E-state index in [0.717, 1.165) is 16.6 Å². The molecule has 0 aliphatic heterocycles. The highest BCUT2D eigenvalue weighted by molar-refractivity contribution is 6.04. The Morgan fingerprint density at radius 3 is 2.77 bits per heavy atom. The van der Waals surface area contributed by atoms with Gasteiger partial charge in [-0.25, -0.2) is 4.79 Å². The van der Waals surface area contributed by atoms with Crippen LogP contribution >= 0.6 is 0 Å². The van der Waals surface area contributed by atoms with Gasteiger partial charge in [0, 0.05) is 17.5 Å². The Hall–Kier alpha value is -3.08. The van der Waals surface area contributed by atoms with Crippen LogP contribution in [0.2, 0.25) is 0 Å². The molecule has 0 unspecified atom stereocenters. The van der Waals surface area contributed by atoms with E-state index >= 15 is 0 Å². The Bertz CT molecular complexity index is 851. The van der Waals surface area contributed by atoms with E-state index in [2.05, 4.69) is 9.72 Å². The predicted octanol–water partition coefficient (Wildman–Crippen LogP) is 2.78. The third-order valence-corrected chi connectivity index (χ3v) is 3.46. The van der Waals surface area contributed by atoms with Crippen LogP contribution in [0.4, 0.5) is 0 Å². The molecule has 0 spiro atoms. The van der Waals surface area contributed by atoms with Crippen LogP contribution in [0.25, 0.3) is 10.9 Å². The second-order valence-electron chi connectivity index (χ2n) is 4.87. The van der Waals surface area contributed by atoms with Crippen molar-refractivity contribution >= 4 is 23.3 Å². The fourth-order valence-corrected chi connectivity index (χ4v) is 2.45. The number of H-pyrrole nitrogens is 1. The molecule has 0 aliphatic carbocycles. The number of hydrogen-bond donors (Lipinski definition) is 2. The minimum absolute atomic E-state index is 0.118. The first-order valence-corrected chi connectivity index (χ1v) is 6.71. The summed E-state index contributed by atoms with van der Waals surface area (Å²) in [6.07, 6.45) is 0.503. The molecule has 0 bridgehead atoms. The maximum atomic E-state index is 11.8. The summed E-state index contributed by atoms with van der Waals surface area (Å²) in [7, 11) is 0. The molecular formula is C17H13NO4. The van der Waals surface area contributed by atoms with E-state index in [9.17, 15) is 14.7 Å². The van der Waals surface area contributed by atoms with E-state index in [-0.39, 0.29) is 12.2 Å². The minimum atomic E-state index is -0.698. The van der Waals surface area contributed by atoms with Crippen LogP contribution < -0.4 is 0 Å². The monoisotopic (exact) mass is 295 g/mol. The Balaban J connectivity index is 2.00. The van der Waals surface area contributed by atoms with Crippen molar-refractivity contribution in [2.75, 3.05) is 0 Å². The topological polar surface area (TPSA) is 79.4 Å². The van der Waals surface area contributed by atoms with Crippen LogP contribution in [-0.4, -0.2) is 22.5 Å². The number of fused-ring (bicyclic) bond motifs is 1. The van der Waals surface area contributed by atoms with Crippen molar-refractivity contribution in [1.29, 1.82) is 0 Å². The van der Waals surface area contributed by atoms with Crippen LogP contribution in [-0.2, 0) is 16.0 Å². The number of aromatic nitrogens is 1. The van der Waals surface area contributed by atoms with Crippen molar-refractivity contribution in [3.05, 3.63) is 65.4 Å². The molecule has 1 aromatic heterocycles. The average molecular weight is 295 g/mol. The second kappa shape index (κ2) is 5.73. The lowest BCUT2D eigenvalue weighted by molar-refractivity contribution is -0.123. The van der Waals surface area contributed by atoms with E-state index in [4.69, 9.17) is 0 Å². The highest BCUT2D eigenvalue weighted by atomic mass is 16.6. The minimum Gasteiger partial charge on any atom is -0.508 e. The average Bonchev–Trinajstić information content (AvgIpc) is 2.92. The molecule has 5 heteroatoms. The predicted molar refractivity (Wildman–Crippen MR) is 80.7 cm³/mol. The SMILES string of the molecule is O=COC(=O)c1cccc2cc(Cc3ccccc3O)[nH]c12. The van der Waals surface area contributed by atoms with Crippen LogP contribution in [0.1, 0.15) is 21.6 Å². The Morgan fingerprint density at radius 1 is 1.18 bits per heavy atom. The first-order chi connectivity index (χ1) is 10.7. The lowest BCUT2D eigenvalue weighted by Gasteiger charge is -2.02. The number of nitrogens with one attached hydrogen (secondary N) is 1. The molecule has 0 amide bonds. The molecule has 3 rings (SSSR count). The van der Waals surface area contributed by atoms with Crippen molar-refractivity contribution in [2.24, 2.45) is 0 Å². The van der Waals surface area contributed by atoms with Crippen LogP contribution in [0.15, 0.2) is 48.5 Å². The number of para-hydroxylation sites is 2. The Labute approximate surface area is 126 Å². The quantitative estimate of drug-likeness (QED) is 0.440. The highest BCUT2D eigenvalue weighted by Crippen LogP contribution is 2.24. The van der Waals surface area contributed by atoms with Crippen molar-refractivity contribution in [3.63, 3.8) is 0 Å². The van der Waals surface area contributed by atoms with Gasteiger partial charge >= 0.3 is 12.4 Å². The van der Waals surface area contributed by atoms with Gasteiger partial charge in [0.05, 0.1) is 11.1 Å². The number of benzene rings is 2. The van der Waals surface area contributed by atoms with Crippen LogP contribution in [0.3, 0.4) is 0 Å². The molecule has 22 heavy (non-hydrogen) atoms. The number of aromatic amines is 1. The molecule has 2 aromatic carbocycles. The number of phenols is 1. The number of rotatable bonds is 4. The molecule has 0 saturated carbocycles. The number of ether oxygens (including phenoxy) is 1. The molecule has 0 aliphatic rings. The largest absolute Gasteiger partial charge is 0.508 e. The molecule has 0 radical (unpaired) electrons. The molecule has 110 valence electrons. The molecule has 3 aromatic rings. The van der Waals surface area contributed by atoms with Gasteiger partial charge in [0.15, 0.2) is 0 Å². The van der Waals surface area contributed by atoms with E-state index in [1.807, 2.05) is 24.3 Å². The molecule has 2 N–H and O–H groups in total. The van der Waals surface area contributed by atoms with E-state index in [0.29, 0.717) is 17.5 Å². The summed E-state index contributed by atoms with van der Waals surface area (Å²) in [5, 5.41) is 10.7. The number of carbonyl (C=O) groups excluding carboxylic acids is 2. The fraction of sp³-hybridized carbons (Fsp3) is 0.0588. The van der Waals surface area contributed by atoms with Gasteiger partial charge in [-0.2, -0.15) is 0 Å². The van der Waals surface area contributed by atoms with Crippen molar-refractivity contribution in [1.82, 2.24) is 4.98 Å². The van der Waals surface area contributed by atoms with Gasteiger partial charge in [-0.1, -0.05) is 30.3 Å². The number of hydrogen-bond acceptors (Lipinski definition) is 4. The zero-order chi connectivity index (χ0) is 15.5. The van der Waals surface area contributed by atoms with Gasteiger partial charge in [-0.05, 0) is 23.8 Å². The normalized spacial score (nSPS) is 10.5. The summed E-state index contributed by atoms with van der Waals surface area (Å²) in [6, 6.07) is 14.2. The molecule has 0 atom stereocenters. The van der Waals surface area contributed by atoms with Gasteiger partial charge in [-0.3, -0.25) is 4.79 Å². The standard InChI is InChI=1S/C17H13NO4/c19-10-22-17(21)14-6-3-5-12-9-13(18-16(12)14)8-11-4-1-2-7-15(11)20/h1-7,9-10,18,20H,8H2. The summed E-state index contributed by atoms with van der Waals surface area (Å²) >= 11 is 0. The Morgan fingerprint density at radius 2 is 2.00 bits per heavy atom. The third-order valence-electron chi connectivity index (χ3n) is 3.46. The third kappa shape index (κ3) is 2.56. The number of aromatic hydroxyl groups is 1. The summed E-state index contributed by atoms with van der Waals surface area (Å²) in [4.78, 5) is 25.2. The van der Waals surface area contributed by atoms with E-state index in [1.165, 1.54) is 0 Å². The van der Waals surface area contributed by atoms with E-state index < -0.39 is 5.97 Å². The van der Waals surface area contributed by atoms with Gasteiger partial charge in [0.1, 0.15) is 5.75 Å². The zero-order valence-corrected chi connectivity index (χ0v) is 11.6. The first-order valence-electron chi connectivity index (χ1n) is 6.71. The second-order valence-corrected chi connectivity index (χ2v) is 4.87. The summed E-state index contributed by atoms with van der Waals surface area (Å²) in [5.41, 5.74) is 2.54. The lowest BCUT2D eigenvalue weighted by atomic mass is 10.1. The maximum Gasteiger partial charge on any atom is 0.347 e. The molecule has 5 nitrogen and oxygen atoms in total. The first kappa shape index (κ1) is 13.9. The van der Waals surface area contributed by atoms with Gasteiger partial charge in [0.25, 0.3) is 0 Å². The number of carbonyl (C=O) groups is 2. The van der Waals surface area contributed by atoms with Crippen molar-refractivity contribution < 1.29 is 19.4 Å². The summed E-state index contributed by atoms with van der Waals surface area (Å²) in [5.74, 6) is -0.474. The number of esters is 1. The number of phenolic OH excluding ortho intramolecular Hbond substituents is 1. The molecule has 0 fully saturated rings. The molecule has 0 saturated heterocycles. The summed E-state index contributed by atoms with van der Waals surface area (Å²) in [6.45, 7) is 0.118. The molecular weight excluding hydrogens is 282 g/mol. The van der Waals surface area contributed by atoms with Crippen LogP contribution in [0, 0.1) is 0 Å². The van der Waals surface area contributed by atoms with Crippen LogP contribution in [0.5, 0.6) is 5.75 Å². The smallest absolute Gasteiger partial charge is 0.347 e.